The normalized spacial score (nSPS) is 10.1. The number of carbonyl (C=O) groups excluding carboxylic acids is 3. The molecular formula is C18H18FN3O3. The molecule has 0 unspecified atom stereocenters. The van der Waals surface area contributed by atoms with Crippen LogP contribution in [0.25, 0.3) is 0 Å². The van der Waals surface area contributed by atoms with Crippen LogP contribution in [-0.2, 0) is 4.79 Å². The Kier molecular flexibility index (Phi) is 5.49. The van der Waals surface area contributed by atoms with E-state index in [1.54, 1.807) is 38.4 Å². The molecule has 25 heavy (non-hydrogen) atoms. The monoisotopic (exact) mass is 343 g/mol. The third-order valence-electron chi connectivity index (χ3n) is 3.34. The van der Waals surface area contributed by atoms with E-state index in [0.717, 1.165) is 6.07 Å². The van der Waals surface area contributed by atoms with Gasteiger partial charge in [0, 0.05) is 26.7 Å². The zero-order valence-electron chi connectivity index (χ0n) is 14.1. The summed E-state index contributed by atoms with van der Waals surface area (Å²) < 4.78 is 14.0. The molecule has 0 saturated heterocycles. The Morgan fingerprint density at radius 1 is 0.960 bits per heavy atom. The number of nitrogens with one attached hydrogen (secondary N) is 2. The van der Waals surface area contributed by atoms with Gasteiger partial charge in [0.2, 0.25) is 5.91 Å². The fourth-order valence-electron chi connectivity index (χ4n) is 2.19. The van der Waals surface area contributed by atoms with Gasteiger partial charge in [-0.05, 0) is 30.3 Å². The molecule has 0 aliphatic heterocycles. The Hall–Kier alpha value is -3.22. The quantitative estimate of drug-likeness (QED) is 0.896. The van der Waals surface area contributed by atoms with Gasteiger partial charge >= 0.3 is 0 Å². The summed E-state index contributed by atoms with van der Waals surface area (Å²) in [5.74, 6) is -2.07. The van der Waals surface area contributed by atoms with Crippen molar-refractivity contribution in [3.8, 4) is 0 Å². The highest BCUT2D eigenvalue weighted by molar-refractivity contribution is 6.09. The SMILES string of the molecule is CC(=O)Nc1ccc(F)c(C(=O)Nc2ccccc2C(=O)N(C)C)c1. The minimum absolute atomic E-state index is 0.238. The van der Waals surface area contributed by atoms with Crippen molar-refractivity contribution < 1.29 is 18.8 Å². The maximum atomic E-state index is 14.0. The van der Waals surface area contributed by atoms with Crippen LogP contribution in [0.2, 0.25) is 0 Å². The summed E-state index contributed by atoms with van der Waals surface area (Å²) in [7, 11) is 3.19. The first-order valence-electron chi connectivity index (χ1n) is 7.48. The number of nitrogens with zero attached hydrogens (tertiary/aromatic N) is 1. The summed E-state index contributed by atoms with van der Waals surface area (Å²) in [5, 5.41) is 5.03. The van der Waals surface area contributed by atoms with E-state index in [1.807, 2.05) is 0 Å². The van der Waals surface area contributed by atoms with E-state index in [9.17, 15) is 18.8 Å². The molecule has 2 N–H and O–H groups in total. The summed E-state index contributed by atoms with van der Waals surface area (Å²) >= 11 is 0. The standard InChI is InChI=1S/C18H18FN3O3/c1-11(23)20-12-8-9-15(19)14(10-12)17(24)21-16-7-5-4-6-13(16)18(25)22(2)3/h4-10H,1-3H3,(H,20,23)(H,21,24). The third kappa shape index (κ3) is 4.41. The lowest BCUT2D eigenvalue weighted by Gasteiger charge is -2.15. The van der Waals surface area contributed by atoms with Crippen molar-refractivity contribution in [2.75, 3.05) is 24.7 Å². The molecule has 0 aliphatic carbocycles. The maximum absolute atomic E-state index is 14.0. The van der Waals surface area contributed by atoms with Crippen molar-refractivity contribution in [2.24, 2.45) is 0 Å². The van der Waals surface area contributed by atoms with E-state index in [2.05, 4.69) is 10.6 Å². The predicted octanol–water partition coefficient (Wildman–Crippen LogP) is 2.74. The van der Waals surface area contributed by atoms with Crippen LogP contribution in [0.4, 0.5) is 15.8 Å². The number of hydrogen-bond acceptors (Lipinski definition) is 3. The van der Waals surface area contributed by atoms with Gasteiger partial charge in [0.05, 0.1) is 16.8 Å². The fraction of sp³-hybridized carbons (Fsp3) is 0.167. The molecule has 130 valence electrons. The lowest BCUT2D eigenvalue weighted by Crippen LogP contribution is -2.24. The van der Waals surface area contributed by atoms with Gasteiger partial charge in [-0.2, -0.15) is 0 Å². The molecule has 0 aromatic heterocycles. The van der Waals surface area contributed by atoms with Gasteiger partial charge in [-0.15, -0.1) is 0 Å². The molecule has 7 heteroatoms. The van der Waals surface area contributed by atoms with Crippen LogP contribution < -0.4 is 10.6 Å². The third-order valence-corrected chi connectivity index (χ3v) is 3.34. The van der Waals surface area contributed by atoms with E-state index in [-0.39, 0.29) is 23.1 Å². The van der Waals surface area contributed by atoms with E-state index >= 15 is 0 Å². The number of hydrogen-bond donors (Lipinski definition) is 2. The first-order valence-corrected chi connectivity index (χ1v) is 7.48. The Labute approximate surface area is 144 Å². The van der Waals surface area contributed by atoms with Crippen molar-refractivity contribution in [1.29, 1.82) is 0 Å². The van der Waals surface area contributed by atoms with Crippen LogP contribution in [-0.4, -0.2) is 36.7 Å². The molecule has 0 atom stereocenters. The predicted molar refractivity (Wildman–Crippen MR) is 93.1 cm³/mol. The van der Waals surface area contributed by atoms with Crippen molar-refractivity contribution in [3.05, 3.63) is 59.4 Å². The van der Waals surface area contributed by atoms with Crippen molar-refractivity contribution >= 4 is 29.1 Å². The second kappa shape index (κ2) is 7.57. The van der Waals surface area contributed by atoms with Crippen LogP contribution in [0.5, 0.6) is 0 Å². The highest BCUT2D eigenvalue weighted by Gasteiger charge is 2.18. The number of benzene rings is 2. The highest BCUT2D eigenvalue weighted by Crippen LogP contribution is 2.20. The summed E-state index contributed by atoms with van der Waals surface area (Å²) in [6.07, 6.45) is 0. The van der Waals surface area contributed by atoms with Crippen LogP contribution in [0.15, 0.2) is 42.5 Å². The smallest absolute Gasteiger partial charge is 0.258 e. The summed E-state index contributed by atoms with van der Waals surface area (Å²) in [4.78, 5) is 37.1. The molecule has 0 fully saturated rings. The summed E-state index contributed by atoms with van der Waals surface area (Å²) in [5.41, 5.74) is 0.630. The molecule has 2 rings (SSSR count). The second-order valence-electron chi connectivity index (χ2n) is 5.58. The average Bonchev–Trinajstić information content (AvgIpc) is 2.55. The first-order chi connectivity index (χ1) is 11.8. The minimum Gasteiger partial charge on any atom is -0.345 e. The fourth-order valence-corrected chi connectivity index (χ4v) is 2.19. The molecular weight excluding hydrogens is 325 g/mol. The molecule has 6 nitrogen and oxygen atoms in total. The summed E-state index contributed by atoms with van der Waals surface area (Å²) in [6, 6.07) is 10.2. The number of rotatable bonds is 4. The van der Waals surface area contributed by atoms with Gasteiger partial charge in [-0.3, -0.25) is 14.4 Å². The molecule has 2 aromatic rings. The van der Waals surface area contributed by atoms with E-state index < -0.39 is 11.7 Å². The Morgan fingerprint density at radius 3 is 2.28 bits per heavy atom. The number of halogens is 1. The summed E-state index contributed by atoms with van der Waals surface area (Å²) in [6.45, 7) is 1.31. The number of amides is 3. The van der Waals surface area contributed by atoms with Crippen molar-refractivity contribution in [2.45, 2.75) is 6.92 Å². The molecule has 0 heterocycles. The first kappa shape index (κ1) is 18.1. The minimum atomic E-state index is -0.733. The largest absolute Gasteiger partial charge is 0.345 e. The molecule has 2 aromatic carbocycles. The van der Waals surface area contributed by atoms with Gasteiger partial charge < -0.3 is 15.5 Å². The van der Waals surface area contributed by atoms with Gasteiger partial charge in [0.1, 0.15) is 5.82 Å². The number of anilines is 2. The van der Waals surface area contributed by atoms with E-state index in [1.165, 1.54) is 24.0 Å². The second-order valence-corrected chi connectivity index (χ2v) is 5.58. The van der Waals surface area contributed by atoms with Crippen LogP contribution in [0, 0.1) is 5.82 Å². The molecule has 0 saturated carbocycles. The van der Waals surface area contributed by atoms with Gasteiger partial charge in [-0.25, -0.2) is 4.39 Å². The lowest BCUT2D eigenvalue weighted by atomic mass is 10.1. The van der Waals surface area contributed by atoms with Gasteiger partial charge in [-0.1, -0.05) is 12.1 Å². The zero-order valence-corrected chi connectivity index (χ0v) is 14.1. The van der Waals surface area contributed by atoms with Crippen molar-refractivity contribution in [3.63, 3.8) is 0 Å². The number of para-hydroxylation sites is 1. The number of carbonyl (C=O) groups is 3. The maximum Gasteiger partial charge on any atom is 0.258 e. The van der Waals surface area contributed by atoms with Crippen LogP contribution >= 0.6 is 0 Å². The van der Waals surface area contributed by atoms with E-state index in [4.69, 9.17) is 0 Å². The van der Waals surface area contributed by atoms with Crippen molar-refractivity contribution in [1.82, 2.24) is 4.90 Å². The zero-order chi connectivity index (χ0) is 18.6. The Morgan fingerprint density at radius 2 is 1.64 bits per heavy atom. The molecule has 0 aliphatic rings. The molecule has 3 amide bonds. The average molecular weight is 343 g/mol. The topological polar surface area (TPSA) is 78.5 Å². The lowest BCUT2D eigenvalue weighted by molar-refractivity contribution is -0.114. The van der Waals surface area contributed by atoms with E-state index in [0.29, 0.717) is 11.3 Å². The van der Waals surface area contributed by atoms with Crippen LogP contribution in [0.1, 0.15) is 27.6 Å². The molecule has 0 radical (unpaired) electrons. The Bertz CT molecular complexity index is 834. The van der Waals surface area contributed by atoms with Gasteiger partial charge in [0.25, 0.3) is 11.8 Å². The highest BCUT2D eigenvalue weighted by atomic mass is 19.1. The van der Waals surface area contributed by atoms with Crippen LogP contribution in [0.3, 0.4) is 0 Å². The Balaban J connectivity index is 2.32. The van der Waals surface area contributed by atoms with Gasteiger partial charge in [0.15, 0.2) is 0 Å². The molecule has 0 spiro atoms. The molecule has 0 bridgehead atoms.